The van der Waals surface area contributed by atoms with Crippen LogP contribution in [0.2, 0.25) is 0 Å². The Balaban J connectivity index is 2.75. The molecule has 0 N–H and O–H groups in total. The van der Waals surface area contributed by atoms with Crippen molar-refractivity contribution in [2.45, 2.75) is 18.2 Å². The molecule has 0 spiro atoms. The van der Waals surface area contributed by atoms with Gasteiger partial charge in [-0.3, -0.25) is 0 Å². The van der Waals surface area contributed by atoms with Crippen molar-refractivity contribution in [1.29, 1.82) is 0 Å². The standard InChI is InChI=1S/C8H8ClNO/c1-8(9)4-2-7(3-5-8)10-6-11/h2-4H,5H2,1H3. The van der Waals surface area contributed by atoms with E-state index in [4.69, 9.17) is 11.6 Å². The van der Waals surface area contributed by atoms with Crippen molar-refractivity contribution in [2.24, 2.45) is 4.99 Å². The van der Waals surface area contributed by atoms with Crippen LogP contribution >= 0.6 is 11.6 Å². The summed E-state index contributed by atoms with van der Waals surface area (Å²) in [6.45, 7) is 1.91. The zero-order chi connectivity index (χ0) is 8.32. The Kier molecular flexibility index (Phi) is 2.28. The molecule has 58 valence electrons. The Morgan fingerprint density at radius 2 is 2.55 bits per heavy atom. The molecule has 0 aromatic rings. The molecule has 1 atom stereocenters. The normalized spacial score (nSPS) is 29.1. The molecule has 0 aliphatic heterocycles. The van der Waals surface area contributed by atoms with Crippen molar-refractivity contribution in [2.75, 3.05) is 0 Å². The molecule has 2 nitrogen and oxygen atoms in total. The first-order valence-corrected chi connectivity index (χ1v) is 3.68. The van der Waals surface area contributed by atoms with E-state index in [-0.39, 0.29) is 4.87 Å². The van der Waals surface area contributed by atoms with Gasteiger partial charge in [0.2, 0.25) is 6.08 Å². The van der Waals surface area contributed by atoms with Gasteiger partial charge in [-0.15, -0.1) is 11.6 Å². The van der Waals surface area contributed by atoms with Gasteiger partial charge in [0.1, 0.15) is 0 Å². The van der Waals surface area contributed by atoms with Crippen molar-refractivity contribution < 1.29 is 4.79 Å². The second kappa shape index (κ2) is 3.04. The third kappa shape index (κ3) is 2.34. The van der Waals surface area contributed by atoms with E-state index >= 15 is 0 Å². The lowest BCUT2D eigenvalue weighted by atomic mass is 10.0. The first kappa shape index (κ1) is 8.25. The van der Waals surface area contributed by atoms with Crippen LogP contribution in [0.15, 0.2) is 28.9 Å². The van der Waals surface area contributed by atoms with Gasteiger partial charge in [0, 0.05) is 0 Å². The highest BCUT2D eigenvalue weighted by Crippen LogP contribution is 2.26. The average molecular weight is 170 g/mol. The van der Waals surface area contributed by atoms with Gasteiger partial charge >= 0.3 is 0 Å². The largest absolute Gasteiger partial charge is 0.240 e. The Morgan fingerprint density at radius 1 is 1.82 bits per heavy atom. The average Bonchev–Trinajstić information content (AvgIpc) is 1.94. The lowest BCUT2D eigenvalue weighted by molar-refractivity contribution is 0.564. The lowest BCUT2D eigenvalue weighted by Crippen LogP contribution is -2.13. The van der Waals surface area contributed by atoms with Gasteiger partial charge in [-0.1, -0.05) is 12.2 Å². The smallest absolute Gasteiger partial charge is 0.211 e. The monoisotopic (exact) mass is 169 g/mol. The minimum absolute atomic E-state index is 0.318. The van der Waals surface area contributed by atoms with Gasteiger partial charge in [-0.2, -0.15) is 4.99 Å². The zero-order valence-corrected chi connectivity index (χ0v) is 6.93. The fraction of sp³-hybridized carbons (Fsp3) is 0.375. The maximum atomic E-state index is 9.84. The van der Waals surface area contributed by atoms with Crippen LogP contribution in [0.4, 0.5) is 0 Å². The summed E-state index contributed by atoms with van der Waals surface area (Å²) in [4.78, 5) is 13.0. The molecule has 1 aliphatic carbocycles. The van der Waals surface area contributed by atoms with E-state index < -0.39 is 0 Å². The molecule has 1 rings (SSSR count). The van der Waals surface area contributed by atoms with E-state index in [0.717, 1.165) is 0 Å². The zero-order valence-electron chi connectivity index (χ0n) is 6.17. The maximum absolute atomic E-state index is 9.84. The first-order chi connectivity index (χ1) is 5.14. The number of aliphatic imine (C=N–C) groups is 1. The van der Waals surface area contributed by atoms with Gasteiger partial charge in [-0.05, 0) is 19.4 Å². The van der Waals surface area contributed by atoms with E-state index in [1.54, 1.807) is 6.08 Å². The molecule has 0 radical (unpaired) electrons. The van der Waals surface area contributed by atoms with Crippen molar-refractivity contribution in [3.05, 3.63) is 23.9 Å². The van der Waals surface area contributed by atoms with Crippen LogP contribution in [0, 0.1) is 0 Å². The number of allylic oxidation sites excluding steroid dienone is 3. The molecule has 11 heavy (non-hydrogen) atoms. The molecule has 0 heterocycles. The molecule has 0 saturated carbocycles. The second-order valence-electron chi connectivity index (χ2n) is 2.65. The minimum atomic E-state index is -0.318. The molecule has 1 aliphatic rings. The highest BCUT2D eigenvalue weighted by Gasteiger charge is 2.18. The van der Waals surface area contributed by atoms with E-state index in [9.17, 15) is 4.79 Å². The summed E-state index contributed by atoms with van der Waals surface area (Å²) >= 11 is 5.97. The predicted octanol–water partition coefficient (Wildman–Crippen LogP) is 2.16. The number of alkyl halides is 1. The van der Waals surface area contributed by atoms with Crippen LogP contribution in [-0.4, -0.2) is 11.0 Å². The van der Waals surface area contributed by atoms with Crippen LogP contribution in [0.1, 0.15) is 13.3 Å². The number of halogens is 1. The van der Waals surface area contributed by atoms with Gasteiger partial charge in [-0.25, -0.2) is 4.79 Å². The van der Waals surface area contributed by atoms with Gasteiger partial charge < -0.3 is 0 Å². The molecule has 0 aromatic heterocycles. The molecular formula is C8H8ClNO. The number of nitrogens with zero attached hydrogens (tertiary/aromatic N) is 1. The summed E-state index contributed by atoms with van der Waals surface area (Å²) in [5, 5.41) is 0. The van der Waals surface area contributed by atoms with E-state index in [2.05, 4.69) is 4.99 Å². The lowest BCUT2D eigenvalue weighted by Gasteiger charge is -2.17. The number of hydrogen-bond donors (Lipinski definition) is 0. The summed E-state index contributed by atoms with van der Waals surface area (Å²) in [6.07, 6.45) is 7.54. The van der Waals surface area contributed by atoms with Crippen molar-refractivity contribution in [3.8, 4) is 0 Å². The Labute approximate surface area is 70.3 Å². The number of rotatable bonds is 1. The van der Waals surface area contributed by atoms with Crippen molar-refractivity contribution in [1.82, 2.24) is 0 Å². The van der Waals surface area contributed by atoms with Crippen LogP contribution in [0.3, 0.4) is 0 Å². The minimum Gasteiger partial charge on any atom is -0.211 e. The predicted molar refractivity (Wildman–Crippen MR) is 44.2 cm³/mol. The van der Waals surface area contributed by atoms with E-state index in [0.29, 0.717) is 12.1 Å². The van der Waals surface area contributed by atoms with Crippen molar-refractivity contribution in [3.63, 3.8) is 0 Å². The van der Waals surface area contributed by atoms with Gasteiger partial charge in [0.25, 0.3) is 0 Å². The quantitative estimate of drug-likeness (QED) is 0.336. The highest BCUT2D eigenvalue weighted by atomic mass is 35.5. The molecule has 0 amide bonds. The topological polar surface area (TPSA) is 29.4 Å². The number of carbonyl (C=O) groups excluding carboxylic acids is 1. The highest BCUT2D eigenvalue weighted by molar-refractivity contribution is 6.25. The Hall–Kier alpha value is -0.850. The molecule has 3 heteroatoms. The second-order valence-corrected chi connectivity index (χ2v) is 3.51. The summed E-state index contributed by atoms with van der Waals surface area (Å²) < 4.78 is 0. The Morgan fingerprint density at radius 3 is 3.00 bits per heavy atom. The number of isocyanates is 1. The van der Waals surface area contributed by atoms with Gasteiger partial charge in [0.15, 0.2) is 0 Å². The van der Waals surface area contributed by atoms with Crippen molar-refractivity contribution >= 4 is 17.7 Å². The van der Waals surface area contributed by atoms with Crippen LogP contribution in [0.5, 0.6) is 0 Å². The van der Waals surface area contributed by atoms with E-state index in [1.807, 2.05) is 19.1 Å². The summed E-state index contributed by atoms with van der Waals surface area (Å²) in [7, 11) is 0. The molecule has 1 unspecified atom stereocenters. The van der Waals surface area contributed by atoms with E-state index in [1.165, 1.54) is 6.08 Å². The summed E-state index contributed by atoms with van der Waals surface area (Å²) in [5.74, 6) is 0. The third-order valence-corrected chi connectivity index (χ3v) is 1.77. The molecule has 0 aromatic carbocycles. The summed E-state index contributed by atoms with van der Waals surface area (Å²) in [5.41, 5.74) is 0.637. The van der Waals surface area contributed by atoms with Crippen LogP contribution < -0.4 is 0 Å². The third-order valence-electron chi connectivity index (χ3n) is 1.49. The Bertz CT molecular complexity index is 259. The summed E-state index contributed by atoms with van der Waals surface area (Å²) in [6, 6.07) is 0. The molecular weight excluding hydrogens is 162 g/mol. The maximum Gasteiger partial charge on any atom is 0.240 e. The van der Waals surface area contributed by atoms with Gasteiger partial charge in [0.05, 0.1) is 10.6 Å². The fourth-order valence-electron chi connectivity index (χ4n) is 0.835. The number of hydrogen-bond acceptors (Lipinski definition) is 2. The first-order valence-electron chi connectivity index (χ1n) is 3.30. The SMILES string of the molecule is CC1(Cl)C=CC(N=C=O)=CC1. The van der Waals surface area contributed by atoms with Crippen LogP contribution in [0.25, 0.3) is 0 Å². The molecule has 0 bridgehead atoms. The molecule has 0 fully saturated rings. The molecule has 0 saturated heterocycles. The fourth-order valence-corrected chi connectivity index (χ4v) is 0.975. The van der Waals surface area contributed by atoms with Crippen LogP contribution in [-0.2, 0) is 4.79 Å².